The van der Waals surface area contributed by atoms with E-state index < -0.39 is 0 Å². The van der Waals surface area contributed by atoms with E-state index >= 15 is 0 Å². The number of hydrogen-bond donors (Lipinski definition) is 1. The van der Waals surface area contributed by atoms with Gasteiger partial charge >= 0.3 is 0 Å². The number of terminal acetylenes is 1. The molecule has 0 aliphatic rings. The van der Waals surface area contributed by atoms with Crippen LogP contribution in [0, 0.1) is 12.3 Å². The van der Waals surface area contributed by atoms with Crippen LogP contribution in [0.25, 0.3) is 0 Å². The molecular weight excluding hydrogens is 162 g/mol. The SMILES string of the molecule is C#CCC(COC(C)C)NCCC. The van der Waals surface area contributed by atoms with Crippen LogP contribution < -0.4 is 5.32 Å². The average molecular weight is 183 g/mol. The predicted octanol–water partition coefficient (Wildman–Crippen LogP) is 1.80. The molecule has 0 bridgehead atoms. The van der Waals surface area contributed by atoms with Gasteiger partial charge in [-0.25, -0.2) is 0 Å². The van der Waals surface area contributed by atoms with E-state index in [-0.39, 0.29) is 6.10 Å². The third-order valence-corrected chi connectivity index (χ3v) is 1.68. The maximum absolute atomic E-state index is 5.50. The fraction of sp³-hybridized carbons (Fsp3) is 0.818. The summed E-state index contributed by atoms with van der Waals surface area (Å²) in [7, 11) is 0. The molecule has 13 heavy (non-hydrogen) atoms. The standard InChI is InChI=1S/C11H21NO/c1-5-7-11(12-8-6-2)9-13-10(3)4/h1,10-12H,6-9H2,2-4H3. The Kier molecular flexibility index (Phi) is 7.77. The molecule has 0 aromatic rings. The molecule has 0 heterocycles. The predicted molar refractivity (Wildman–Crippen MR) is 56.6 cm³/mol. The molecule has 0 aromatic heterocycles. The summed E-state index contributed by atoms with van der Waals surface area (Å²) in [6.45, 7) is 7.93. The molecule has 0 spiro atoms. The Morgan fingerprint density at radius 2 is 2.15 bits per heavy atom. The van der Waals surface area contributed by atoms with E-state index in [1.54, 1.807) is 0 Å². The molecule has 76 valence electrons. The van der Waals surface area contributed by atoms with Gasteiger partial charge in [0, 0.05) is 12.5 Å². The monoisotopic (exact) mass is 183 g/mol. The Balaban J connectivity index is 3.61. The molecule has 0 saturated carbocycles. The quantitative estimate of drug-likeness (QED) is 0.608. The molecule has 1 unspecified atom stereocenters. The van der Waals surface area contributed by atoms with Gasteiger partial charge in [-0.05, 0) is 26.8 Å². The van der Waals surface area contributed by atoms with Gasteiger partial charge in [0.25, 0.3) is 0 Å². The first kappa shape index (κ1) is 12.5. The highest BCUT2D eigenvalue weighted by molar-refractivity contribution is 4.89. The summed E-state index contributed by atoms with van der Waals surface area (Å²) in [6, 6.07) is 0.312. The number of hydrogen-bond acceptors (Lipinski definition) is 2. The van der Waals surface area contributed by atoms with Crippen LogP contribution in [0.15, 0.2) is 0 Å². The van der Waals surface area contributed by atoms with Gasteiger partial charge in [0.2, 0.25) is 0 Å². The van der Waals surface area contributed by atoms with Crippen LogP contribution in [-0.2, 0) is 4.74 Å². The Bertz CT molecular complexity index is 149. The van der Waals surface area contributed by atoms with Crippen molar-refractivity contribution in [1.82, 2.24) is 5.32 Å². The molecule has 0 saturated heterocycles. The maximum Gasteiger partial charge on any atom is 0.0632 e. The largest absolute Gasteiger partial charge is 0.377 e. The second-order valence-corrected chi connectivity index (χ2v) is 3.44. The van der Waals surface area contributed by atoms with Gasteiger partial charge in [0.15, 0.2) is 0 Å². The third-order valence-electron chi connectivity index (χ3n) is 1.68. The molecule has 0 fully saturated rings. The fourth-order valence-electron chi connectivity index (χ4n) is 0.989. The van der Waals surface area contributed by atoms with Crippen LogP contribution in [0.1, 0.15) is 33.6 Å². The Morgan fingerprint density at radius 1 is 1.46 bits per heavy atom. The van der Waals surface area contributed by atoms with Crippen LogP contribution in [0.3, 0.4) is 0 Å². The maximum atomic E-state index is 5.50. The van der Waals surface area contributed by atoms with Crippen molar-refractivity contribution >= 4 is 0 Å². The van der Waals surface area contributed by atoms with Gasteiger partial charge in [-0.3, -0.25) is 0 Å². The zero-order chi connectivity index (χ0) is 10.1. The smallest absolute Gasteiger partial charge is 0.0632 e. The van der Waals surface area contributed by atoms with Crippen molar-refractivity contribution in [2.75, 3.05) is 13.2 Å². The van der Waals surface area contributed by atoms with Crippen molar-refractivity contribution in [3.63, 3.8) is 0 Å². The minimum absolute atomic E-state index is 0.281. The van der Waals surface area contributed by atoms with Crippen LogP contribution in [0.2, 0.25) is 0 Å². The van der Waals surface area contributed by atoms with E-state index in [1.165, 1.54) is 0 Å². The molecule has 1 N–H and O–H groups in total. The van der Waals surface area contributed by atoms with Gasteiger partial charge in [-0.15, -0.1) is 12.3 Å². The van der Waals surface area contributed by atoms with Gasteiger partial charge in [0.1, 0.15) is 0 Å². The molecule has 0 aliphatic heterocycles. The van der Waals surface area contributed by atoms with Crippen molar-refractivity contribution in [3.05, 3.63) is 0 Å². The number of nitrogens with one attached hydrogen (secondary N) is 1. The summed E-state index contributed by atoms with van der Waals surface area (Å²) in [5, 5.41) is 3.36. The topological polar surface area (TPSA) is 21.3 Å². The van der Waals surface area contributed by atoms with Crippen LogP contribution in [0.4, 0.5) is 0 Å². The van der Waals surface area contributed by atoms with Crippen LogP contribution in [-0.4, -0.2) is 25.3 Å². The first-order chi connectivity index (χ1) is 6.20. The van der Waals surface area contributed by atoms with Crippen LogP contribution >= 0.6 is 0 Å². The third kappa shape index (κ3) is 7.83. The van der Waals surface area contributed by atoms with Crippen molar-refractivity contribution in [2.45, 2.75) is 45.8 Å². The van der Waals surface area contributed by atoms with E-state index in [1.807, 2.05) is 13.8 Å². The Morgan fingerprint density at radius 3 is 2.62 bits per heavy atom. The first-order valence-electron chi connectivity index (χ1n) is 4.99. The zero-order valence-electron chi connectivity index (χ0n) is 8.97. The van der Waals surface area contributed by atoms with E-state index in [4.69, 9.17) is 11.2 Å². The van der Waals surface area contributed by atoms with Crippen molar-refractivity contribution in [3.8, 4) is 12.3 Å². The van der Waals surface area contributed by atoms with Crippen molar-refractivity contribution < 1.29 is 4.74 Å². The minimum atomic E-state index is 0.281. The van der Waals surface area contributed by atoms with Gasteiger partial charge in [-0.1, -0.05) is 6.92 Å². The second-order valence-electron chi connectivity index (χ2n) is 3.44. The van der Waals surface area contributed by atoms with E-state index in [0.717, 1.165) is 19.4 Å². The Hall–Kier alpha value is -0.520. The molecule has 0 aromatic carbocycles. The lowest BCUT2D eigenvalue weighted by molar-refractivity contribution is 0.0622. The van der Waals surface area contributed by atoms with Gasteiger partial charge in [-0.2, -0.15) is 0 Å². The molecule has 0 amide bonds. The van der Waals surface area contributed by atoms with Gasteiger partial charge in [0.05, 0.1) is 12.7 Å². The second kappa shape index (κ2) is 8.10. The molecule has 0 aliphatic carbocycles. The summed E-state index contributed by atoms with van der Waals surface area (Å²) < 4.78 is 5.50. The number of rotatable bonds is 7. The summed E-state index contributed by atoms with van der Waals surface area (Å²) in [4.78, 5) is 0. The fourth-order valence-corrected chi connectivity index (χ4v) is 0.989. The average Bonchev–Trinajstić information content (AvgIpc) is 2.09. The molecule has 0 rings (SSSR count). The molecule has 0 radical (unpaired) electrons. The minimum Gasteiger partial charge on any atom is -0.377 e. The summed E-state index contributed by atoms with van der Waals surface area (Å²) in [6.07, 6.45) is 7.41. The number of ether oxygens (including phenoxy) is 1. The first-order valence-corrected chi connectivity index (χ1v) is 4.99. The summed E-state index contributed by atoms with van der Waals surface area (Å²) >= 11 is 0. The van der Waals surface area contributed by atoms with Crippen molar-refractivity contribution in [2.24, 2.45) is 0 Å². The normalized spacial score (nSPS) is 12.8. The zero-order valence-corrected chi connectivity index (χ0v) is 8.97. The lowest BCUT2D eigenvalue weighted by Gasteiger charge is -2.17. The summed E-state index contributed by atoms with van der Waals surface area (Å²) in [5.74, 6) is 2.66. The molecular formula is C11H21NO. The summed E-state index contributed by atoms with van der Waals surface area (Å²) in [5.41, 5.74) is 0. The molecule has 2 heteroatoms. The van der Waals surface area contributed by atoms with Crippen molar-refractivity contribution in [1.29, 1.82) is 0 Å². The molecule has 2 nitrogen and oxygen atoms in total. The highest BCUT2D eigenvalue weighted by Crippen LogP contribution is 1.96. The lowest BCUT2D eigenvalue weighted by atomic mass is 10.2. The van der Waals surface area contributed by atoms with E-state index in [0.29, 0.717) is 12.6 Å². The van der Waals surface area contributed by atoms with E-state index in [9.17, 15) is 0 Å². The highest BCUT2D eigenvalue weighted by Gasteiger charge is 2.06. The molecule has 1 atom stereocenters. The highest BCUT2D eigenvalue weighted by atomic mass is 16.5. The lowest BCUT2D eigenvalue weighted by Crippen LogP contribution is -2.34. The van der Waals surface area contributed by atoms with Crippen LogP contribution in [0.5, 0.6) is 0 Å². The Labute approximate surface area is 82.1 Å². The van der Waals surface area contributed by atoms with Gasteiger partial charge < -0.3 is 10.1 Å². The van der Waals surface area contributed by atoms with E-state index in [2.05, 4.69) is 18.2 Å².